The number of rotatable bonds is 3. The van der Waals surface area contributed by atoms with Crippen LogP contribution >= 0.6 is 15.9 Å². The van der Waals surface area contributed by atoms with Gasteiger partial charge in [-0.05, 0) is 17.7 Å². The number of phenols is 1. The molecule has 0 aliphatic rings. The zero-order chi connectivity index (χ0) is 10.6. The van der Waals surface area contributed by atoms with Crippen LogP contribution in [0.25, 0.3) is 6.08 Å². The zero-order valence-corrected chi connectivity index (χ0v) is 8.77. The molecule has 14 heavy (non-hydrogen) atoms. The fraction of sp³-hybridized carbons (Fsp3) is 0.111. The van der Waals surface area contributed by atoms with E-state index in [4.69, 9.17) is 0 Å². The van der Waals surface area contributed by atoms with Gasteiger partial charge in [0.1, 0.15) is 0 Å². The Morgan fingerprint density at radius 2 is 2.29 bits per heavy atom. The minimum Gasteiger partial charge on any atom is -0.502 e. The third kappa shape index (κ3) is 2.56. The number of hydrogen-bond acceptors (Lipinski definition) is 3. The second kappa shape index (κ2) is 4.76. The Balaban J connectivity index is 3.00. The maximum atomic E-state index is 10.4. The summed E-state index contributed by atoms with van der Waals surface area (Å²) in [6.45, 7) is 0. The molecule has 0 aliphatic carbocycles. The monoisotopic (exact) mass is 257 g/mol. The smallest absolute Gasteiger partial charge is 0.310 e. The summed E-state index contributed by atoms with van der Waals surface area (Å²) in [5, 5.41) is 20.3. The van der Waals surface area contributed by atoms with Crippen LogP contribution < -0.4 is 0 Å². The minimum atomic E-state index is -0.618. The Hall–Kier alpha value is -1.36. The first-order chi connectivity index (χ1) is 6.65. The van der Waals surface area contributed by atoms with Crippen LogP contribution in [-0.4, -0.2) is 15.4 Å². The van der Waals surface area contributed by atoms with E-state index in [-0.39, 0.29) is 11.4 Å². The summed E-state index contributed by atoms with van der Waals surface area (Å²) < 4.78 is 0. The predicted octanol–water partition coefficient (Wildman–Crippen LogP) is 2.71. The van der Waals surface area contributed by atoms with Gasteiger partial charge in [0.15, 0.2) is 5.75 Å². The van der Waals surface area contributed by atoms with Gasteiger partial charge in [-0.25, -0.2) is 0 Å². The number of hydrogen-bond donors (Lipinski definition) is 1. The van der Waals surface area contributed by atoms with E-state index in [9.17, 15) is 15.2 Å². The number of nitrogens with zero attached hydrogens (tertiary/aromatic N) is 1. The minimum absolute atomic E-state index is 0.277. The number of nitro benzene ring substituents is 1. The van der Waals surface area contributed by atoms with E-state index in [0.29, 0.717) is 5.33 Å². The lowest BCUT2D eigenvalue weighted by Crippen LogP contribution is -1.88. The summed E-state index contributed by atoms with van der Waals surface area (Å²) in [5.41, 5.74) is 0.452. The highest BCUT2D eigenvalue weighted by Gasteiger charge is 2.11. The SMILES string of the molecule is O=[N+]([O-])c1ccc(C=CCBr)cc1O. The number of allylic oxidation sites excluding steroid dienone is 1. The number of halogens is 1. The standard InChI is InChI=1S/C9H8BrNO3/c10-5-1-2-7-3-4-8(11(13)14)9(12)6-7/h1-4,6,12H,5H2. The van der Waals surface area contributed by atoms with Crippen molar-refractivity contribution in [1.82, 2.24) is 0 Å². The predicted molar refractivity (Wildman–Crippen MR) is 57.6 cm³/mol. The van der Waals surface area contributed by atoms with Crippen molar-refractivity contribution in [2.24, 2.45) is 0 Å². The van der Waals surface area contributed by atoms with E-state index in [1.165, 1.54) is 12.1 Å². The first-order valence-corrected chi connectivity index (χ1v) is 4.97. The zero-order valence-electron chi connectivity index (χ0n) is 7.18. The molecule has 0 amide bonds. The van der Waals surface area contributed by atoms with Crippen molar-refractivity contribution >= 4 is 27.7 Å². The van der Waals surface area contributed by atoms with Crippen LogP contribution in [0.4, 0.5) is 5.69 Å². The van der Waals surface area contributed by atoms with Gasteiger partial charge >= 0.3 is 5.69 Å². The van der Waals surface area contributed by atoms with Crippen molar-refractivity contribution in [3.63, 3.8) is 0 Å². The second-order valence-electron chi connectivity index (χ2n) is 2.56. The van der Waals surface area contributed by atoms with E-state index in [0.717, 1.165) is 5.56 Å². The number of phenolic OH excluding ortho intramolecular Hbond substituents is 1. The topological polar surface area (TPSA) is 63.4 Å². The summed E-state index contributed by atoms with van der Waals surface area (Å²) in [7, 11) is 0. The summed E-state index contributed by atoms with van der Waals surface area (Å²) in [5.74, 6) is -0.313. The third-order valence-corrected chi connectivity index (χ3v) is 1.97. The second-order valence-corrected chi connectivity index (χ2v) is 3.21. The molecule has 5 heteroatoms. The lowest BCUT2D eigenvalue weighted by atomic mass is 10.2. The van der Waals surface area contributed by atoms with Crippen LogP contribution in [0, 0.1) is 10.1 Å². The number of aromatic hydroxyl groups is 1. The van der Waals surface area contributed by atoms with E-state index in [1.54, 1.807) is 12.1 Å². The third-order valence-electron chi connectivity index (χ3n) is 1.60. The summed E-state index contributed by atoms with van der Waals surface area (Å²) >= 11 is 3.21. The number of benzene rings is 1. The van der Waals surface area contributed by atoms with Gasteiger partial charge in [0.25, 0.3) is 0 Å². The quantitative estimate of drug-likeness (QED) is 0.515. The Bertz CT molecular complexity index is 376. The first-order valence-electron chi connectivity index (χ1n) is 3.85. The lowest BCUT2D eigenvalue weighted by molar-refractivity contribution is -0.385. The average Bonchev–Trinajstić information content (AvgIpc) is 2.14. The van der Waals surface area contributed by atoms with Crippen LogP contribution in [0.3, 0.4) is 0 Å². The largest absolute Gasteiger partial charge is 0.502 e. The van der Waals surface area contributed by atoms with Crippen LogP contribution in [0.5, 0.6) is 5.75 Å². The highest BCUT2D eigenvalue weighted by molar-refractivity contribution is 9.09. The summed E-state index contributed by atoms with van der Waals surface area (Å²) in [4.78, 5) is 9.75. The molecule has 0 aromatic heterocycles. The lowest BCUT2D eigenvalue weighted by Gasteiger charge is -1.97. The Kier molecular flexibility index (Phi) is 3.64. The van der Waals surface area contributed by atoms with E-state index in [1.807, 2.05) is 6.08 Å². The molecule has 0 saturated carbocycles. The molecule has 0 aliphatic heterocycles. The van der Waals surface area contributed by atoms with Crippen LogP contribution in [0.15, 0.2) is 24.3 Å². The van der Waals surface area contributed by atoms with Gasteiger partial charge < -0.3 is 5.11 Å². The van der Waals surface area contributed by atoms with Crippen molar-refractivity contribution < 1.29 is 10.0 Å². The molecule has 0 saturated heterocycles. The van der Waals surface area contributed by atoms with Gasteiger partial charge in [0.05, 0.1) is 4.92 Å². The van der Waals surface area contributed by atoms with Crippen molar-refractivity contribution in [3.8, 4) is 5.75 Å². The van der Waals surface area contributed by atoms with E-state index in [2.05, 4.69) is 15.9 Å². The Labute approximate surface area is 89.2 Å². The maximum Gasteiger partial charge on any atom is 0.310 e. The molecule has 1 aromatic rings. The molecular formula is C9H8BrNO3. The van der Waals surface area contributed by atoms with Crippen LogP contribution in [0.1, 0.15) is 5.56 Å². The molecule has 1 aromatic carbocycles. The normalized spacial score (nSPS) is 10.6. The first kappa shape index (κ1) is 10.7. The van der Waals surface area contributed by atoms with Crippen molar-refractivity contribution in [1.29, 1.82) is 0 Å². The number of nitro groups is 1. The Morgan fingerprint density at radius 1 is 1.57 bits per heavy atom. The molecule has 0 heterocycles. The van der Waals surface area contributed by atoms with Gasteiger partial charge in [-0.15, -0.1) is 0 Å². The molecule has 0 radical (unpaired) electrons. The van der Waals surface area contributed by atoms with Gasteiger partial charge in [-0.1, -0.05) is 28.1 Å². The van der Waals surface area contributed by atoms with Crippen molar-refractivity contribution in [2.75, 3.05) is 5.33 Å². The van der Waals surface area contributed by atoms with E-state index < -0.39 is 4.92 Å². The molecule has 4 nitrogen and oxygen atoms in total. The molecular weight excluding hydrogens is 250 g/mol. The van der Waals surface area contributed by atoms with Gasteiger partial charge in [0.2, 0.25) is 0 Å². The molecule has 1 rings (SSSR count). The average molecular weight is 258 g/mol. The highest BCUT2D eigenvalue weighted by atomic mass is 79.9. The van der Waals surface area contributed by atoms with Crippen LogP contribution in [0.2, 0.25) is 0 Å². The van der Waals surface area contributed by atoms with Crippen molar-refractivity contribution in [2.45, 2.75) is 0 Å². The van der Waals surface area contributed by atoms with Gasteiger partial charge in [-0.2, -0.15) is 0 Å². The number of alkyl halides is 1. The van der Waals surface area contributed by atoms with Crippen molar-refractivity contribution in [3.05, 3.63) is 40.0 Å². The molecule has 0 fully saturated rings. The summed E-state index contributed by atoms with van der Waals surface area (Å²) in [6.07, 6.45) is 3.60. The molecule has 0 atom stereocenters. The fourth-order valence-corrected chi connectivity index (χ4v) is 1.17. The molecule has 0 unspecified atom stereocenters. The molecule has 0 spiro atoms. The maximum absolute atomic E-state index is 10.4. The van der Waals surface area contributed by atoms with Gasteiger partial charge in [-0.3, -0.25) is 10.1 Å². The Morgan fingerprint density at radius 3 is 2.79 bits per heavy atom. The molecule has 0 bridgehead atoms. The van der Waals surface area contributed by atoms with E-state index >= 15 is 0 Å². The summed E-state index contributed by atoms with van der Waals surface area (Å²) in [6, 6.07) is 4.22. The fourth-order valence-electron chi connectivity index (χ4n) is 0.979. The van der Waals surface area contributed by atoms with Gasteiger partial charge in [0, 0.05) is 11.4 Å². The molecule has 74 valence electrons. The van der Waals surface area contributed by atoms with Crippen LogP contribution in [-0.2, 0) is 0 Å². The highest BCUT2D eigenvalue weighted by Crippen LogP contribution is 2.26. The molecule has 1 N–H and O–H groups in total.